The van der Waals surface area contributed by atoms with Crippen LogP contribution < -0.4 is 4.74 Å². The number of furan rings is 1. The Morgan fingerprint density at radius 1 is 0.909 bits per heavy atom. The quantitative estimate of drug-likeness (QED) is 0.225. The van der Waals surface area contributed by atoms with Gasteiger partial charge in [0, 0.05) is 23.1 Å². The second-order valence-electron chi connectivity index (χ2n) is 8.08. The number of ether oxygens (including phenoxy) is 1. The predicted octanol–water partition coefficient (Wildman–Crippen LogP) is 5.75. The van der Waals surface area contributed by atoms with E-state index in [1.165, 1.54) is 0 Å². The minimum atomic E-state index is -1.23. The maximum atomic E-state index is 8.93. The van der Waals surface area contributed by atoms with E-state index < -0.39 is 6.29 Å². The van der Waals surface area contributed by atoms with Crippen molar-refractivity contribution in [2.45, 2.75) is 45.3 Å². The van der Waals surface area contributed by atoms with Crippen molar-refractivity contribution in [2.24, 2.45) is 0 Å². The molecular formula is C27H29NO5. The topological polar surface area (TPSA) is 88.9 Å². The fourth-order valence-electron chi connectivity index (χ4n) is 3.91. The number of aromatic nitrogens is 1. The molecule has 0 radical (unpaired) electrons. The van der Waals surface area contributed by atoms with Crippen LogP contribution >= 0.6 is 0 Å². The normalized spacial score (nSPS) is 11.3. The summed E-state index contributed by atoms with van der Waals surface area (Å²) in [5, 5.41) is 22.2. The van der Waals surface area contributed by atoms with Gasteiger partial charge in [0.2, 0.25) is 0 Å². The summed E-state index contributed by atoms with van der Waals surface area (Å²) >= 11 is 0. The van der Waals surface area contributed by atoms with Crippen LogP contribution in [0.3, 0.4) is 0 Å². The summed E-state index contributed by atoms with van der Waals surface area (Å²) in [6.45, 7) is 2.51. The molecule has 172 valence electrons. The number of aliphatic hydroxyl groups excluding tert-OH is 1. The second kappa shape index (κ2) is 11.0. The number of aliphatic hydroxyl groups is 2. The van der Waals surface area contributed by atoms with E-state index in [9.17, 15) is 0 Å². The summed E-state index contributed by atoms with van der Waals surface area (Å²) in [4.78, 5) is 0. The smallest absolute Gasteiger partial charge is 0.151 e. The molecule has 2 aromatic heterocycles. The Hall–Kier alpha value is -3.35. The number of hydrogen-bond donors (Lipinski definition) is 2. The van der Waals surface area contributed by atoms with Crippen molar-refractivity contribution < 1.29 is 23.9 Å². The van der Waals surface area contributed by atoms with E-state index >= 15 is 0 Å². The molecule has 33 heavy (non-hydrogen) atoms. The van der Waals surface area contributed by atoms with Gasteiger partial charge in [-0.3, -0.25) is 0 Å². The van der Waals surface area contributed by atoms with E-state index in [1.54, 1.807) is 6.26 Å². The molecule has 0 aliphatic heterocycles. The van der Waals surface area contributed by atoms with E-state index in [0.29, 0.717) is 19.4 Å². The number of hydrogen-bond acceptors (Lipinski definition) is 6. The molecule has 4 aromatic rings. The molecule has 0 bridgehead atoms. The van der Waals surface area contributed by atoms with Gasteiger partial charge in [0.05, 0.1) is 18.6 Å². The Labute approximate surface area is 193 Å². The van der Waals surface area contributed by atoms with Crippen LogP contribution in [0.5, 0.6) is 5.75 Å². The van der Waals surface area contributed by atoms with E-state index in [0.717, 1.165) is 64.5 Å². The molecule has 0 aliphatic carbocycles. The third-order valence-corrected chi connectivity index (χ3v) is 5.61. The molecule has 0 saturated heterocycles. The van der Waals surface area contributed by atoms with Gasteiger partial charge >= 0.3 is 0 Å². The highest BCUT2D eigenvalue weighted by Crippen LogP contribution is 2.32. The maximum Gasteiger partial charge on any atom is 0.151 e. The first kappa shape index (κ1) is 22.8. The lowest BCUT2D eigenvalue weighted by atomic mass is 9.98. The number of benzene rings is 2. The summed E-state index contributed by atoms with van der Waals surface area (Å²) < 4.78 is 17.1. The standard InChI is InChI=1S/C27H29NO5/c1-19-27(21-14-12-20(13-15-21)24-10-7-17-32-24)23(28-33-19)18-22-8-4-5-9-25(22)31-16-6-2-3-11-26(29)30/h4-5,7-10,12-15,17,26,29-30H,2-3,6,11,16,18H2,1H3. The van der Waals surface area contributed by atoms with Crippen LogP contribution in [-0.2, 0) is 6.42 Å². The fraction of sp³-hybridized carbons (Fsp3) is 0.296. The highest BCUT2D eigenvalue weighted by molar-refractivity contribution is 5.71. The Balaban J connectivity index is 1.45. The molecule has 0 aliphatic rings. The lowest BCUT2D eigenvalue weighted by Gasteiger charge is -2.12. The lowest BCUT2D eigenvalue weighted by molar-refractivity contribution is -0.0466. The second-order valence-corrected chi connectivity index (χ2v) is 8.08. The molecule has 6 nitrogen and oxygen atoms in total. The Bertz CT molecular complexity index is 1130. The van der Waals surface area contributed by atoms with Gasteiger partial charge in [-0.05, 0) is 56.4 Å². The summed E-state index contributed by atoms with van der Waals surface area (Å²) in [5.74, 6) is 2.45. The number of unbranched alkanes of at least 4 members (excludes halogenated alkanes) is 2. The van der Waals surface area contributed by atoms with Crippen molar-refractivity contribution in [3.63, 3.8) is 0 Å². The monoisotopic (exact) mass is 447 g/mol. The zero-order valence-electron chi connectivity index (χ0n) is 18.7. The zero-order chi connectivity index (χ0) is 23.0. The molecule has 0 saturated carbocycles. The van der Waals surface area contributed by atoms with Crippen LogP contribution in [0.15, 0.2) is 75.9 Å². The summed E-state index contributed by atoms with van der Waals surface area (Å²) in [6, 6.07) is 20.0. The highest BCUT2D eigenvalue weighted by atomic mass is 16.5. The SMILES string of the molecule is Cc1onc(Cc2ccccc2OCCCCCC(O)O)c1-c1ccc(-c2ccco2)cc1. The van der Waals surface area contributed by atoms with Crippen LogP contribution in [0.1, 0.15) is 42.7 Å². The van der Waals surface area contributed by atoms with Crippen molar-refractivity contribution in [2.75, 3.05) is 6.61 Å². The van der Waals surface area contributed by atoms with Crippen LogP contribution in [0, 0.1) is 6.92 Å². The molecule has 0 amide bonds. The third-order valence-electron chi connectivity index (χ3n) is 5.61. The van der Waals surface area contributed by atoms with Crippen LogP contribution in [0.4, 0.5) is 0 Å². The Kier molecular flexibility index (Phi) is 7.60. The van der Waals surface area contributed by atoms with Crippen LogP contribution in [-0.4, -0.2) is 28.3 Å². The predicted molar refractivity (Wildman–Crippen MR) is 126 cm³/mol. The fourth-order valence-corrected chi connectivity index (χ4v) is 3.91. The molecule has 0 fully saturated rings. The average molecular weight is 448 g/mol. The molecule has 0 spiro atoms. The zero-order valence-corrected chi connectivity index (χ0v) is 18.7. The van der Waals surface area contributed by atoms with Gasteiger partial charge in [-0.1, -0.05) is 47.6 Å². The van der Waals surface area contributed by atoms with Crippen LogP contribution in [0.25, 0.3) is 22.5 Å². The van der Waals surface area contributed by atoms with Crippen molar-refractivity contribution in [1.29, 1.82) is 0 Å². The van der Waals surface area contributed by atoms with Gasteiger partial charge in [-0.15, -0.1) is 0 Å². The third kappa shape index (κ3) is 5.92. The maximum absolute atomic E-state index is 8.93. The first-order valence-corrected chi connectivity index (χ1v) is 11.3. The van der Waals surface area contributed by atoms with Crippen molar-refractivity contribution in [1.82, 2.24) is 5.16 Å². The van der Waals surface area contributed by atoms with Gasteiger partial charge in [0.1, 0.15) is 17.3 Å². The van der Waals surface area contributed by atoms with Gasteiger partial charge in [-0.2, -0.15) is 0 Å². The molecule has 2 N–H and O–H groups in total. The van der Waals surface area contributed by atoms with Crippen molar-refractivity contribution in [3.05, 3.63) is 83.9 Å². The molecular weight excluding hydrogens is 418 g/mol. The molecule has 4 rings (SSSR count). The molecule has 0 unspecified atom stereocenters. The number of nitrogens with zero attached hydrogens (tertiary/aromatic N) is 1. The lowest BCUT2D eigenvalue weighted by Crippen LogP contribution is -2.04. The number of aryl methyl sites for hydroxylation is 1. The minimum Gasteiger partial charge on any atom is -0.493 e. The Morgan fingerprint density at radius 3 is 2.45 bits per heavy atom. The largest absolute Gasteiger partial charge is 0.493 e. The molecule has 2 aromatic carbocycles. The van der Waals surface area contributed by atoms with Gasteiger partial charge in [0.25, 0.3) is 0 Å². The van der Waals surface area contributed by atoms with Crippen molar-refractivity contribution >= 4 is 0 Å². The first-order valence-electron chi connectivity index (χ1n) is 11.3. The van der Waals surface area contributed by atoms with E-state index in [4.69, 9.17) is 23.9 Å². The van der Waals surface area contributed by atoms with Gasteiger partial charge < -0.3 is 23.9 Å². The number of rotatable bonds is 11. The van der Waals surface area contributed by atoms with E-state index in [2.05, 4.69) is 17.3 Å². The highest BCUT2D eigenvalue weighted by Gasteiger charge is 2.17. The summed E-state index contributed by atoms with van der Waals surface area (Å²) in [6.07, 6.45) is 3.95. The number of para-hydroxylation sites is 1. The summed E-state index contributed by atoms with van der Waals surface area (Å²) in [5.41, 5.74) is 4.98. The minimum absolute atomic E-state index is 0.396. The molecule has 0 atom stereocenters. The van der Waals surface area contributed by atoms with Crippen molar-refractivity contribution in [3.8, 4) is 28.2 Å². The van der Waals surface area contributed by atoms with Gasteiger partial charge in [0.15, 0.2) is 6.29 Å². The van der Waals surface area contributed by atoms with Gasteiger partial charge in [-0.25, -0.2) is 0 Å². The summed E-state index contributed by atoms with van der Waals surface area (Å²) in [7, 11) is 0. The average Bonchev–Trinajstić information content (AvgIpc) is 3.47. The van der Waals surface area contributed by atoms with E-state index in [1.807, 2.05) is 55.5 Å². The first-order chi connectivity index (χ1) is 16.1. The Morgan fingerprint density at radius 2 is 1.70 bits per heavy atom. The molecule has 2 heterocycles. The molecule has 6 heteroatoms. The van der Waals surface area contributed by atoms with E-state index in [-0.39, 0.29) is 0 Å². The van der Waals surface area contributed by atoms with Crippen LogP contribution in [0.2, 0.25) is 0 Å².